The van der Waals surface area contributed by atoms with E-state index in [-0.39, 0.29) is 5.82 Å². The summed E-state index contributed by atoms with van der Waals surface area (Å²) in [6, 6.07) is 6.99. The highest BCUT2D eigenvalue weighted by Crippen LogP contribution is 2.37. The third kappa shape index (κ3) is 7.26. The first kappa shape index (κ1) is 25.2. The average Bonchev–Trinajstić information content (AvgIpc) is 3.25. The van der Waals surface area contributed by atoms with Crippen LogP contribution in [-0.2, 0) is 0 Å². The van der Waals surface area contributed by atoms with Gasteiger partial charge in [0.1, 0.15) is 5.82 Å². The molecule has 4 nitrogen and oxygen atoms in total. The van der Waals surface area contributed by atoms with Gasteiger partial charge in [0.25, 0.3) is 0 Å². The first-order chi connectivity index (χ1) is 16.0. The quantitative estimate of drug-likeness (QED) is 0.224. The predicted octanol–water partition coefficient (Wildman–Crippen LogP) is 7.44. The van der Waals surface area contributed by atoms with Gasteiger partial charge in [-0.05, 0) is 68.5 Å². The summed E-state index contributed by atoms with van der Waals surface area (Å²) >= 11 is 1.65. The Morgan fingerprint density at radius 1 is 1.18 bits per heavy atom. The molecule has 0 spiro atoms. The third-order valence-corrected chi connectivity index (χ3v) is 7.00. The standard InChI is InChI=1S/C27H37FN4S/c1-5-18-32(19-6-2)27-31-25(22-12-14-23(28)15-13-22)26(33-27)20(3)16-17-29-21(4)30-24-10-8-7-9-11-24/h12-17,24H,3,5-11,18-19H2,1-2,4H3,(H,29,30)/b17-16-. The van der Waals surface area contributed by atoms with Gasteiger partial charge >= 0.3 is 0 Å². The van der Waals surface area contributed by atoms with Crippen LogP contribution in [0.5, 0.6) is 0 Å². The van der Waals surface area contributed by atoms with E-state index in [0.29, 0.717) is 6.04 Å². The van der Waals surface area contributed by atoms with Gasteiger partial charge in [0, 0.05) is 24.9 Å². The number of aliphatic imine (C=N–C) groups is 1. The monoisotopic (exact) mass is 468 g/mol. The zero-order valence-electron chi connectivity index (χ0n) is 20.2. The molecule has 2 aromatic rings. The van der Waals surface area contributed by atoms with Gasteiger partial charge in [-0.25, -0.2) is 9.37 Å². The summed E-state index contributed by atoms with van der Waals surface area (Å²) in [5, 5.41) is 4.29. The number of benzene rings is 1. The van der Waals surface area contributed by atoms with Crippen molar-refractivity contribution in [1.82, 2.24) is 10.3 Å². The number of nitrogens with zero attached hydrogens (tertiary/aromatic N) is 3. The number of rotatable bonds is 10. The minimum Gasteiger partial charge on any atom is -0.351 e. The molecular weight excluding hydrogens is 431 g/mol. The Morgan fingerprint density at radius 3 is 2.48 bits per heavy atom. The van der Waals surface area contributed by atoms with Crippen LogP contribution in [0.1, 0.15) is 70.6 Å². The number of halogens is 1. The lowest BCUT2D eigenvalue weighted by atomic mass is 9.96. The van der Waals surface area contributed by atoms with Crippen molar-refractivity contribution < 1.29 is 4.39 Å². The van der Waals surface area contributed by atoms with Crippen molar-refractivity contribution in [1.29, 1.82) is 0 Å². The maximum absolute atomic E-state index is 13.5. The molecule has 1 aliphatic carbocycles. The summed E-state index contributed by atoms with van der Waals surface area (Å²) in [6.07, 6.45) is 12.3. The zero-order chi connectivity index (χ0) is 23.6. The van der Waals surface area contributed by atoms with E-state index in [9.17, 15) is 4.39 Å². The molecule has 0 amide bonds. The van der Waals surface area contributed by atoms with Crippen LogP contribution in [0.3, 0.4) is 0 Å². The Bertz CT molecular complexity index is 949. The summed E-state index contributed by atoms with van der Waals surface area (Å²) in [4.78, 5) is 13.1. The van der Waals surface area contributed by atoms with E-state index in [1.165, 1.54) is 44.2 Å². The van der Waals surface area contributed by atoms with Crippen LogP contribution in [-0.4, -0.2) is 30.0 Å². The highest BCUT2D eigenvalue weighted by atomic mass is 32.1. The molecule has 1 aromatic carbocycles. The zero-order valence-corrected chi connectivity index (χ0v) is 21.1. The Labute approximate surface area is 202 Å². The maximum Gasteiger partial charge on any atom is 0.186 e. The second-order valence-electron chi connectivity index (χ2n) is 8.68. The molecule has 0 atom stereocenters. The Kier molecular flexibility index (Phi) is 9.67. The van der Waals surface area contributed by atoms with Crippen molar-refractivity contribution in [2.24, 2.45) is 4.99 Å². The minimum absolute atomic E-state index is 0.245. The largest absolute Gasteiger partial charge is 0.351 e. The smallest absolute Gasteiger partial charge is 0.186 e. The Morgan fingerprint density at radius 2 is 1.85 bits per heavy atom. The van der Waals surface area contributed by atoms with E-state index in [0.717, 1.165) is 58.6 Å². The lowest BCUT2D eigenvalue weighted by Crippen LogP contribution is -2.24. The first-order valence-corrected chi connectivity index (χ1v) is 13.0. The van der Waals surface area contributed by atoms with Gasteiger partial charge in [0.05, 0.1) is 22.4 Å². The van der Waals surface area contributed by atoms with E-state index in [1.807, 2.05) is 19.2 Å². The van der Waals surface area contributed by atoms with Gasteiger partial charge in [-0.2, -0.15) is 0 Å². The number of allylic oxidation sites excluding steroid dienone is 2. The van der Waals surface area contributed by atoms with Crippen LogP contribution >= 0.6 is 11.3 Å². The predicted molar refractivity (Wildman–Crippen MR) is 142 cm³/mol. The van der Waals surface area contributed by atoms with E-state index >= 15 is 0 Å². The average molecular weight is 469 g/mol. The van der Waals surface area contributed by atoms with Gasteiger partial charge in [0.2, 0.25) is 0 Å². The molecule has 33 heavy (non-hydrogen) atoms. The number of amidine groups is 1. The van der Waals surface area contributed by atoms with Crippen molar-refractivity contribution in [2.75, 3.05) is 18.0 Å². The summed E-state index contributed by atoms with van der Waals surface area (Å²) in [5.74, 6) is 0.691. The van der Waals surface area contributed by atoms with E-state index < -0.39 is 0 Å². The fraction of sp³-hybridized carbons (Fsp3) is 0.481. The Balaban J connectivity index is 1.81. The molecule has 0 unspecified atom stereocenters. The van der Waals surface area contributed by atoms with Crippen LogP contribution in [0, 0.1) is 5.82 Å². The second-order valence-corrected chi connectivity index (χ2v) is 9.65. The highest BCUT2D eigenvalue weighted by Gasteiger charge is 2.18. The number of aromatic nitrogens is 1. The lowest BCUT2D eigenvalue weighted by Gasteiger charge is -2.20. The van der Waals surface area contributed by atoms with Gasteiger partial charge in [0.15, 0.2) is 5.13 Å². The fourth-order valence-electron chi connectivity index (χ4n) is 4.17. The lowest BCUT2D eigenvalue weighted by molar-refractivity contribution is 0.442. The van der Waals surface area contributed by atoms with Gasteiger partial charge in [-0.3, -0.25) is 4.99 Å². The van der Waals surface area contributed by atoms with Gasteiger partial charge in [-0.15, -0.1) is 0 Å². The van der Waals surface area contributed by atoms with Gasteiger partial charge in [-0.1, -0.05) is 51.0 Å². The number of hydrogen-bond donors (Lipinski definition) is 1. The van der Waals surface area contributed by atoms with Crippen molar-refractivity contribution in [3.63, 3.8) is 0 Å². The topological polar surface area (TPSA) is 40.5 Å². The molecule has 0 saturated heterocycles. The van der Waals surface area contributed by atoms with Crippen LogP contribution < -0.4 is 10.2 Å². The van der Waals surface area contributed by atoms with Crippen LogP contribution in [0.15, 0.2) is 48.1 Å². The highest BCUT2D eigenvalue weighted by molar-refractivity contribution is 7.17. The molecule has 1 N–H and O–H groups in total. The van der Waals surface area contributed by atoms with Crippen molar-refractivity contribution in [3.05, 3.63) is 53.8 Å². The van der Waals surface area contributed by atoms with E-state index in [4.69, 9.17) is 9.98 Å². The third-order valence-electron chi connectivity index (χ3n) is 5.81. The number of anilines is 1. The van der Waals surface area contributed by atoms with E-state index in [1.54, 1.807) is 23.5 Å². The number of hydrogen-bond acceptors (Lipinski definition) is 4. The molecule has 178 valence electrons. The van der Waals surface area contributed by atoms with Crippen LogP contribution in [0.4, 0.5) is 9.52 Å². The van der Waals surface area contributed by atoms with Crippen molar-refractivity contribution in [2.45, 2.75) is 71.8 Å². The summed E-state index contributed by atoms with van der Waals surface area (Å²) in [7, 11) is 0. The molecule has 1 fully saturated rings. The molecule has 0 bridgehead atoms. The molecular formula is C27H37FN4S. The first-order valence-electron chi connectivity index (χ1n) is 12.2. The van der Waals surface area contributed by atoms with Crippen molar-refractivity contribution >= 4 is 27.9 Å². The summed E-state index contributed by atoms with van der Waals surface area (Å²) in [5.41, 5.74) is 2.64. The molecule has 1 aromatic heterocycles. The summed E-state index contributed by atoms with van der Waals surface area (Å²) in [6.45, 7) is 12.6. The molecule has 1 saturated carbocycles. The summed E-state index contributed by atoms with van der Waals surface area (Å²) < 4.78 is 13.5. The molecule has 1 heterocycles. The van der Waals surface area contributed by atoms with E-state index in [2.05, 4.69) is 30.6 Å². The molecule has 0 aliphatic heterocycles. The fourth-order valence-corrected chi connectivity index (χ4v) is 5.26. The minimum atomic E-state index is -0.245. The maximum atomic E-state index is 13.5. The van der Waals surface area contributed by atoms with Crippen molar-refractivity contribution in [3.8, 4) is 11.3 Å². The molecule has 3 rings (SSSR count). The Hall–Kier alpha value is -2.47. The van der Waals surface area contributed by atoms with Crippen LogP contribution in [0.25, 0.3) is 16.8 Å². The van der Waals surface area contributed by atoms with Crippen LogP contribution in [0.2, 0.25) is 0 Å². The SMILES string of the molecule is C=C(/C=C\NC(C)=NC1CCCCC1)c1sc(N(CCC)CCC)nc1-c1ccc(F)cc1. The molecule has 0 radical (unpaired) electrons. The second kappa shape index (κ2) is 12.7. The number of nitrogens with one attached hydrogen (secondary N) is 1. The molecule has 1 aliphatic rings. The number of thiazole rings is 1. The normalized spacial score (nSPS) is 15.2. The molecule has 6 heteroatoms. The van der Waals surface area contributed by atoms with Gasteiger partial charge < -0.3 is 10.2 Å².